The summed E-state index contributed by atoms with van der Waals surface area (Å²) in [5.74, 6) is -1.20. The summed E-state index contributed by atoms with van der Waals surface area (Å²) in [4.78, 5) is 35.0. The molecular formula is C9H12FN3O4. The Kier molecular flexibility index (Phi) is 4.58. The highest BCUT2D eigenvalue weighted by molar-refractivity contribution is 5.76. The third-order valence-electron chi connectivity index (χ3n) is 1.84. The van der Waals surface area contributed by atoms with Crippen LogP contribution in [0.3, 0.4) is 0 Å². The molecule has 0 unspecified atom stereocenters. The molecule has 0 aliphatic rings. The Morgan fingerprint density at radius 3 is 2.94 bits per heavy atom. The first-order valence-electron chi connectivity index (χ1n) is 4.93. The molecule has 1 aromatic rings. The van der Waals surface area contributed by atoms with Gasteiger partial charge in [0.2, 0.25) is 5.82 Å². The Morgan fingerprint density at radius 1 is 1.59 bits per heavy atom. The SMILES string of the molecule is CCOCCNC(=O)n1cc(F)c(=O)[nH]c1=O. The van der Waals surface area contributed by atoms with E-state index in [4.69, 9.17) is 4.74 Å². The molecule has 8 heteroatoms. The lowest BCUT2D eigenvalue weighted by molar-refractivity contribution is 0.149. The van der Waals surface area contributed by atoms with E-state index in [1.54, 1.807) is 11.9 Å². The van der Waals surface area contributed by atoms with Crippen LogP contribution in [0.4, 0.5) is 9.18 Å². The number of amides is 1. The molecule has 0 saturated heterocycles. The van der Waals surface area contributed by atoms with Gasteiger partial charge in [0.1, 0.15) is 0 Å². The second-order valence-electron chi connectivity index (χ2n) is 3.04. The van der Waals surface area contributed by atoms with E-state index in [9.17, 15) is 18.8 Å². The lowest BCUT2D eigenvalue weighted by Gasteiger charge is -2.06. The van der Waals surface area contributed by atoms with Gasteiger partial charge in [-0.3, -0.25) is 9.78 Å². The van der Waals surface area contributed by atoms with Crippen molar-refractivity contribution in [3.63, 3.8) is 0 Å². The number of aromatic amines is 1. The molecule has 0 saturated carbocycles. The summed E-state index contributed by atoms with van der Waals surface area (Å²) in [6, 6.07) is -0.829. The lowest BCUT2D eigenvalue weighted by Crippen LogP contribution is -2.41. The summed E-state index contributed by atoms with van der Waals surface area (Å²) >= 11 is 0. The maximum atomic E-state index is 12.9. The topological polar surface area (TPSA) is 93.2 Å². The summed E-state index contributed by atoms with van der Waals surface area (Å²) < 4.78 is 18.3. The third kappa shape index (κ3) is 3.52. The van der Waals surface area contributed by atoms with Gasteiger partial charge < -0.3 is 10.1 Å². The van der Waals surface area contributed by atoms with Crippen molar-refractivity contribution in [2.24, 2.45) is 0 Å². The summed E-state index contributed by atoms with van der Waals surface area (Å²) in [6.07, 6.45) is 0.539. The number of halogens is 1. The Balaban J connectivity index is 2.73. The Hall–Kier alpha value is -1.96. The van der Waals surface area contributed by atoms with E-state index in [2.05, 4.69) is 5.32 Å². The minimum Gasteiger partial charge on any atom is -0.380 e. The van der Waals surface area contributed by atoms with E-state index >= 15 is 0 Å². The second-order valence-corrected chi connectivity index (χ2v) is 3.04. The van der Waals surface area contributed by atoms with E-state index in [0.717, 1.165) is 0 Å². The quantitative estimate of drug-likeness (QED) is 0.684. The van der Waals surface area contributed by atoms with Crippen molar-refractivity contribution in [1.29, 1.82) is 0 Å². The molecule has 0 aliphatic carbocycles. The van der Waals surface area contributed by atoms with Crippen LogP contribution < -0.4 is 16.6 Å². The Bertz CT molecular complexity index is 508. The highest BCUT2D eigenvalue weighted by atomic mass is 19.1. The van der Waals surface area contributed by atoms with Gasteiger partial charge in [-0.2, -0.15) is 4.39 Å². The number of nitrogens with one attached hydrogen (secondary N) is 2. The largest absolute Gasteiger partial charge is 0.380 e. The maximum absolute atomic E-state index is 12.9. The number of ether oxygens (including phenoxy) is 1. The van der Waals surface area contributed by atoms with Gasteiger partial charge in [0.15, 0.2) is 0 Å². The van der Waals surface area contributed by atoms with Crippen LogP contribution in [0.2, 0.25) is 0 Å². The molecule has 94 valence electrons. The van der Waals surface area contributed by atoms with Gasteiger partial charge in [0.05, 0.1) is 12.8 Å². The van der Waals surface area contributed by atoms with Crippen LogP contribution in [0.15, 0.2) is 15.8 Å². The van der Waals surface area contributed by atoms with Crippen molar-refractivity contribution in [2.45, 2.75) is 6.92 Å². The summed E-state index contributed by atoms with van der Waals surface area (Å²) in [5.41, 5.74) is -2.15. The molecule has 0 aromatic carbocycles. The van der Waals surface area contributed by atoms with Crippen LogP contribution in [-0.2, 0) is 4.74 Å². The zero-order chi connectivity index (χ0) is 12.8. The lowest BCUT2D eigenvalue weighted by atomic mass is 10.6. The fraction of sp³-hybridized carbons (Fsp3) is 0.444. The summed E-state index contributed by atoms with van der Waals surface area (Å²) in [7, 11) is 0. The van der Waals surface area contributed by atoms with Gasteiger partial charge >= 0.3 is 11.7 Å². The molecule has 0 atom stereocenters. The molecule has 0 aliphatic heterocycles. The maximum Gasteiger partial charge on any atom is 0.336 e. The van der Waals surface area contributed by atoms with E-state index < -0.39 is 23.1 Å². The number of hydrogen-bond acceptors (Lipinski definition) is 4. The predicted octanol–water partition coefficient (Wildman–Crippen LogP) is -0.730. The van der Waals surface area contributed by atoms with Gasteiger partial charge in [-0.15, -0.1) is 0 Å². The minimum atomic E-state index is -1.20. The molecule has 0 spiro atoms. The first kappa shape index (κ1) is 13.1. The molecule has 1 amide bonds. The predicted molar refractivity (Wildman–Crippen MR) is 56.6 cm³/mol. The molecule has 7 nitrogen and oxygen atoms in total. The molecular weight excluding hydrogens is 233 g/mol. The van der Waals surface area contributed by atoms with Crippen LogP contribution >= 0.6 is 0 Å². The highest BCUT2D eigenvalue weighted by Crippen LogP contribution is 1.84. The van der Waals surface area contributed by atoms with E-state index in [1.807, 2.05) is 0 Å². The standard InChI is InChI=1S/C9H12FN3O4/c1-2-17-4-3-11-8(15)13-5-6(10)7(14)12-9(13)16/h5H,2-4H2,1H3,(H,11,15)(H,12,14,16). The van der Waals surface area contributed by atoms with Crippen LogP contribution in [0.1, 0.15) is 6.92 Å². The van der Waals surface area contributed by atoms with Crippen molar-refractivity contribution in [1.82, 2.24) is 14.9 Å². The van der Waals surface area contributed by atoms with E-state index in [0.29, 0.717) is 17.4 Å². The van der Waals surface area contributed by atoms with E-state index in [1.165, 1.54) is 0 Å². The second kappa shape index (κ2) is 5.94. The molecule has 1 rings (SSSR count). The number of carbonyl (C=O) groups is 1. The Labute approximate surface area is 95.2 Å². The number of nitrogens with zero attached hydrogens (tertiary/aromatic N) is 1. The van der Waals surface area contributed by atoms with Gasteiger partial charge in [-0.1, -0.05) is 0 Å². The zero-order valence-corrected chi connectivity index (χ0v) is 9.16. The monoisotopic (exact) mass is 245 g/mol. The minimum absolute atomic E-state index is 0.180. The van der Waals surface area contributed by atoms with Gasteiger partial charge in [-0.25, -0.2) is 14.2 Å². The van der Waals surface area contributed by atoms with Crippen molar-refractivity contribution in [2.75, 3.05) is 19.8 Å². The first-order valence-corrected chi connectivity index (χ1v) is 4.93. The fourth-order valence-electron chi connectivity index (χ4n) is 1.06. The third-order valence-corrected chi connectivity index (χ3v) is 1.84. The molecule has 0 radical (unpaired) electrons. The van der Waals surface area contributed by atoms with Crippen LogP contribution in [0.25, 0.3) is 0 Å². The van der Waals surface area contributed by atoms with Crippen molar-refractivity contribution in [3.05, 3.63) is 32.9 Å². The molecule has 0 fully saturated rings. The molecule has 1 heterocycles. The van der Waals surface area contributed by atoms with Gasteiger partial charge in [0, 0.05) is 13.2 Å². The van der Waals surface area contributed by atoms with Crippen LogP contribution in [0, 0.1) is 5.82 Å². The van der Waals surface area contributed by atoms with E-state index in [-0.39, 0.29) is 13.2 Å². The normalized spacial score (nSPS) is 10.2. The smallest absolute Gasteiger partial charge is 0.336 e. The summed E-state index contributed by atoms with van der Waals surface area (Å²) in [5, 5.41) is 2.33. The average molecular weight is 245 g/mol. The average Bonchev–Trinajstić information content (AvgIpc) is 2.29. The Morgan fingerprint density at radius 2 is 2.29 bits per heavy atom. The van der Waals surface area contributed by atoms with Gasteiger partial charge in [0.25, 0.3) is 5.56 Å². The zero-order valence-electron chi connectivity index (χ0n) is 9.16. The molecule has 1 aromatic heterocycles. The molecule has 2 N–H and O–H groups in total. The van der Waals surface area contributed by atoms with Crippen molar-refractivity contribution < 1.29 is 13.9 Å². The van der Waals surface area contributed by atoms with Crippen LogP contribution in [0.5, 0.6) is 0 Å². The van der Waals surface area contributed by atoms with Crippen molar-refractivity contribution in [3.8, 4) is 0 Å². The highest BCUT2D eigenvalue weighted by Gasteiger charge is 2.09. The number of H-pyrrole nitrogens is 1. The van der Waals surface area contributed by atoms with Crippen molar-refractivity contribution >= 4 is 6.03 Å². The molecule has 17 heavy (non-hydrogen) atoms. The summed E-state index contributed by atoms with van der Waals surface area (Å²) in [6.45, 7) is 2.76. The molecule has 0 bridgehead atoms. The number of hydrogen-bond donors (Lipinski definition) is 2. The van der Waals surface area contributed by atoms with Crippen LogP contribution in [-0.4, -0.2) is 35.3 Å². The number of rotatable bonds is 4. The fourth-order valence-corrected chi connectivity index (χ4v) is 1.06. The number of aromatic nitrogens is 2. The number of carbonyl (C=O) groups excluding carboxylic acids is 1. The van der Waals surface area contributed by atoms with Gasteiger partial charge in [-0.05, 0) is 6.92 Å². The first-order chi connectivity index (χ1) is 8.06.